The van der Waals surface area contributed by atoms with E-state index in [1.165, 1.54) is 10.9 Å². The molecule has 178 valence electrons. The van der Waals surface area contributed by atoms with Gasteiger partial charge in [0.05, 0.1) is 5.52 Å². The number of nitrogens with one attached hydrogen (secondary N) is 3. The SMILES string of the molecule is Cc1cc(N[C@H]2CC[C@@H](NC(=O)Nc3cccc(Oc4ccccc4)c3)CC2)nc2ccccc12. The first kappa shape index (κ1) is 22.7. The lowest BCUT2D eigenvalue weighted by atomic mass is 9.91. The second-order valence-corrected chi connectivity index (χ2v) is 9.08. The number of aromatic nitrogens is 1. The summed E-state index contributed by atoms with van der Waals surface area (Å²) in [6, 6.07) is 27.7. The van der Waals surface area contributed by atoms with E-state index in [0.29, 0.717) is 17.5 Å². The number of pyridine rings is 1. The van der Waals surface area contributed by atoms with Crippen molar-refractivity contribution in [2.75, 3.05) is 10.6 Å². The third-order valence-corrected chi connectivity index (χ3v) is 6.41. The Hall–Kier alpha value is -4.06. The number of anilines is 2. The molecule has 0 aliphatic heterocycles. The zero-order valence-corrected chi connectivity index (χ0v) is 19.8. The van der Waals surface area contributed by atoms with E-state index in [1.807, 2.05) is 66.7 Å². The van der Waals surface area contributed by atoms with Crippen LogP contribution in [0.15, 0.2) is 84.9 Å². The Bertz CT molecular complexity index is 1300. The number of hydrogen-bond acceptors (Lipinski definition) is 4. The van der Waals surface area contributed by atoms with E-state index in [9.17, 15) is 4.79 Å². The highest BCUT2D eigenvalue weighted by Crippen LogP contribution is 2.26. The van der Waals surface area contributed by atoms with Crippen molar-refractivity contribution in [2.45, 2.75) is 44.7 Å². The normalized spacial score (nSPS) is 17.5. The Morgan fingerprint density at radius 3 is 2.37 bits per heavy atom. The molecule has 0 radical (unpaired) electrons. The highest BCUT2D eigenvalue weighted by Gasteiger charge is 2.23. The van der Waals surface area contributed by atoms with E-state index >= 15 is 0 Å². The Kier molecular flexibility index (Phi) is 6.80. The number of ether oxygens (including phenoxy) is 1. The molecule has 1 aliphatic rings. The van der Waals surface area contributed by atoms with Crippen LogP contribution in [-0.2, 0) is 0 Å². The fourth-order valence-corrected chi connectivity index (χ4v) is 4.63. The number of para-hydroxylation sites is 2. The third kappa shape index (κ3) is 5.90. The maximum absolute atomic E-state index is 12.6. The monoisotopic (exact) mass is 466 g/mol. The molecule has 1 aliphatic carbocycles. The van der Waals surface area contributed by atoms with Gasteiger partial charge in [0.1, 0.15) is 17.3 Å². The fraction of sp³-hybridized carbons (Fsp3) is 0.241. The Morgan fingerprint density at radius 2 is 1.54 bits per heavy atom. The summed E-state index contributed by atoms with van der Waals surface area (Å²) in [4.78, 5) is 17.4. The standard InChI is InChI=1S/C29H30N4O2/c1-20-18-28(33-27-13-6-5-12-26(20)27)30-21-14-16-22(17-15-21)31-29(34)32-23-8-7-11-25(19-23)35-24-9-3-2-4-10-24/h2-13,18-19,21-22H,14-17H2,1H3,(H,30,33)(H2,31,32,34)/t21-,22+. The van der Waals surface area contributed by atoms with E-state index < -0.39 is 0 Å². The van der Waals surface area contributed by atoms with Crippen LogP contribution in [-0.4, -0.2) is 23.1 Å². The van der Waals surface area contributed by atoms with Gasteiger partial charge < -0.3 is 20.7 Å². The molecule has 1 heterocycles. The molecular formula is C29H30N4O2. The van der Waals surface area contributed by atoms with Gasteiger partial charge in [0, 0.05) is 29.2 Å². The number of fused-ring (bicyclic) bond motifs is 1. The Balaban J connectivity index is 1.11. The minimum atomic E-state index is -0.190. The largest absolute Gasteiger partial charge is 0.457 e. The number of carbonyl (C=O) groups excluding carboxylic acids is 1. The first-order valence-electron chi connectivity index (χ1n) is 12.2. The first-order chi connectivity index (χ1) is 17.1. The summed E-state index contributed by atoms with van der Waals surface area (Å²) in [6.45, 7) is 2.12. The lowest BCUT2D eigenvalue weighted by Crippen LogP contribution is -2.42. The number of nitrogens with zero attached hydrogens (tertiary/aromatic N) is 1. The molecule has 6 heteroatoms. The van der Waals surface area contributed by atoms with Crippen molar-refractivity contribution in [1.82, 2.24) is 10.3 Å². The summed E-state index contributed by atoms with van der Waals surface area (Å²) in [6.07, 6.45) is 3.82. The molecule has 0 spiro atoms. The van der Waals surface area contributed by atoms with Gasteiger partial charge in [-0.1, -0.05) is 42.5 Å². The molecule has 35 heavy (non-hydrogen) atoms. The molecule has 4 aromatic rings. The Labute approximate surface area is 205 Å². The zero-order chi connectivity index (χ0) is 24.0. The molecule has 0 atom stereocenters. The van der Waals surface area contributed by atoms with Crippen molar-refractivity contribution in [3.05, 3.63) is 90.5 Å². The fourth-order valence-electron chi connectivity index (χ4n) is 4.63. The van der Waals surface area contributed by atoms with E-state index in [-0.39, 0.29) is 12.1 Å². The molecule has 2 amide bonds. The second kappa shape index (κ2) is 10.5. The quantitative estimate of drug-likeness (QED) is 0.289. The van der Waals surface area contributed by atoms with Gasteiger partial charge in [0.15, 0.2) is 0 Å². The van der Waals surface area contributed by atoms with Crippen molar-refractivity contribution in [3.8, 4) is 11.5 Å². The van der Waals surface area contributed by atoms with Gasteiger partial charge >= 0.3 is 6.03 Å². The average Bonchev–Trinajstić information content (AvgIpc) is 2.86. The summed E-state index contributed by atoms with van der Waals surface area (Å²) in [5.41, 5.74) is 2.94. The predicted molar refractivity (Wildman–Crippen MR) is 141 cm³/mol. The number of rotatable bonds is 6. The van der Waals surface area contributed by atoms with Crippen LogP contribution in [0.3, 0.4) is 0 Å². The van der Waals surface area contributed by atoms with Crippen molar-refractivity contribution < 1.29 is 9.53 Å². The van der Waals surface area contributed by atoms with E-state index in [1.54, 1.807) is 0 Å². The van der Waals surface area contributed by atoms with Gasteiger partial charge in [-0.3, -0.25) is 0 Å². The van der Waals surface area contributed by atoms with Crippen LogP contribution in [0.2, 0.25) is 0 Å². The zero-order valence-electron chi connectivity index (χ0n) is 19.8. The molecule has 1 fully saturated rings. The molecule has 0 bridgehead atoms. The van der Waals surface area contributed by atoms with Crippen LogP contribution >= 0.6 is 0 Å². The highest BCUT2D eigenvalue weighted by molar-refractivity contribution is 5.89. The van der Waals surface area contributed by atoms with Crippen LogP contribution in [0.1, 0.15) is 31.2 Å². The second-order valence-electron chi connectivity index (χ2n) is 9.08. The maximum atomic E-state index is 12.6. The van der Waals surface area contributed by atoms with Gasteiger partial charge in [-0.2, -0.15) is 0 Å². The van der Waals surface area contributed by atoms with Crippen LogP contribution in [0.4, 0.5) is 16.3 Å². The molecule has 6 nitrogen and oxygen atoms in total. The molecule has 0 saturated heterocycles. The summed E-state index contributed by atoms with van der Waals surface area (Å²) in [5.74, 6) is 2.36. The van der Waals surface area contributed by atoms with Crippen molar-refractivity contribution in [1.29, 1.82) is 0 Å². The summed E-state index contributed by atoms with van der Waals surface area (Å²) in [7, 11) is 0. The molecule has 3 aromatic carbocycles. The van der Waals surface area contributed by atoms with Crippen LogP contribution < -0.4 is 20.7 Å². The average molecular weight is 467 g/mol. The number of hydrogen-bond donors (Lipinski definition) is 3. The minimum Gasteiger partial charge on any atom is -0.457 e. The molecule has 5 rings (SSSR count). The van der Waals surface area contributed by atoms with Crippen LogP contribution in [0.5, 0.6) is 11.5 Å². The minimum absolute atomic E-state index is 0.156. The summed E-state index contributed by atoms with van der Waals surface area (Å²) >= 11 is 0. The van der Waals surface area contributed by atoms with E-state index in [0.717, 1.165) is 42.8 Å². The Morgan fingerprint density at radius 1 is 0.829 bits per heavy atom. The lowest BCUT2D eigenvalue weighted by Gasteiger charge is -2.30. The van der Waals surface area contributed by atoms with Gasteiger partial charge in [-0.25, -0.2) is 9.78 Å². The van der Waals surface area contributed by atoms with Crippen molar-refractivity contribution >= 4 is 28.4 Å². The van der Waals surface area contributed by atoms with Crippen LogP contribution in [0.25, 0.3) is 10.9 Å². The van der Waals surface area contributed by atoms with E-state index in [4.69, 9.17) is 9.72 Å². The molecule has 1 aromatic heterocycles. The van der Waals surface area contributed by atoms with Crippen molar-refractivity contribution in [3.63, 3.8) is 0 Å². The number of amides is 2. The van der Waals surface area contributed by atoms with Crippen molar-refractivity contribution in [2.24, 2.45) is 0 Å². The summed E-state index contributed by atoms with van der Waals surface area (Å²) < 4.78 is 5.86. The maximum Gasteiger partial charge on any atom is 0.319 e. The smallest absolute Gasteiger partial charge is 0.319 e. The van der Waals surface area contributed by atoms with E-state index in [2.05, 4.69) is 41.1 Å². The molecular weight excluding hydrogens is 436 g/mol. The van der Waals surface area contributed by atoms with Gasteiger partial charge in [0.2, 0.25) is 0 Å². The molecule has 1 saturated carbocycles. The van der Waals surface area contributed by atoms with Gasteiger partial charge in [-0.05, 0) is 74.6 Å². The number of carbonyl (C=O) groups is 1. The topological polar surface area (TPSA) is 75.3 Å². The number of aryl methyl sites for hydroxylation is 1. The number of urea groups is 1. The van der Waals surface area contributed by atoms with Crippen LogP contribution in [0, 0.1) is 6.92 Å². The highest BCUT2D eigenvalue weighted by atomic mass is 16.5. The number of benzene rings is 3. The predicted octanol–water partition coefficient (Wildman–Crippen LogP) is 6.88. The van der Waals surface area contributed by atoms with Gasteiger partial charge in [-0.15, -0.1) is 0 Å². The molecule has 3 N–H and O–H groups in total. The first-order valence-corrected chi connectivity index (χ1v) is 12.2. The lowest BCUT2D eigenvalue weighted by molar-refractivity contribution is 0.243. The third-order valence-electron chi connectivity index (χ3n) is 6.41. The van der Waals surface area contributed by atoms with Gasteiger partial charge in [0.25, 0.3) is 0 Å². The molecule has 0 unspecified atom stereocenters. The summed E-state index contributed by atoms with van der Waals surface area (Å²) in [5, 5.41) is 10.8.